The lowest BCUT2D eigenvalue weighted by Crippen LogP contribution is -2.39. The molecule has 3 heteroatoms. The molecule has 0 fully saturated rings. The van der Waals surface area contributed by atoms with E-state index in [1.165, 1.54) is 11.1 Å². The van der Waals surface area contributed by atoms with E-state index in [0.29, 0.717) is 0 Å². The van der Waals surface area contributed by atoms with Crippen LogP contribution in [0.1, 0.15) is 18.1 Å². The van der Waals surface area contributed by atoms with Crippen LogP contribution in [0.3, 0.4) is 0 Å². The number of aryl methyl sites for hydroxylation is 1. The Morgan fingerprint density at radius 1 is 1.10 bits per heavy atom. The molecule has 3 nitrogen and oxygen atoms in total. The summed E-state index contributed by atoms with van der Waals surface area (Å²) in [5.74, 6) is 0.0100. The number of hydrogen-bond donors (Lipinski definition) is 1. The van der Waals surface area contributed by atoms with Gasteiger partial charge in [-0.2, -0.15) is 0 Å². The molecule has 0 saturated carbocycles. The van der Waals surface area contributed by atoms with E-state index in [2.05, 4.69) is 36.5 Å². The molecule has 0 saturated heterocycles. The Balaban J connectivity index is 1.93. The second-order valence-corrected chi connectivity index (χ2v) is 5.43. The molecule has 110 valence electrons. The van der Waals surface area contributed by atoms with Gasteiger partial charge < -0.3 is 5.32 Å². The van der Waals surface area contributed by atoms with Crippen molar-refractivity contribution >= 4 is 11.6 Å². The van der Waals surface area contributed by atoms with Gasteiger partial charge in [-0.1, -0.05) is 48.0 Å². The van der Waals surface area contributed by atoms with E-state index < -0.39 is 0 Å². The minimum Gasteiger partial charge on any atom is -0.325 e. The molecule has 0 aliphatic rings. The number of amides is 1. The predicted octanol–water partition coefficient (Wildman–Crippen LogP) is 3.45. The largest absolute Gasteiger partial charge is 0.325 e. The van der Waals surface area contributed by atoms with Crippen molar-refractivity contribution in [1.29, 1.82) is 0 Å². The number of para-hydroxylation sites is 1. The van der Waals surface area contributed by atoms with Gasteiger partial charge in [0.05, 0.1) is 6.04 Å². The minimum atomic E-state index is -0.188. The third kappa shape index (κ3) is 4.43. The van der Waals surface area contributed by atoms with Crippen LogP contribution in [-0.4, -0.2) is 23.9 Å². The highest BCUT2D eigenvalue weighted by atomic mass is 16.2. The van der Waals surface area contributed by atoms with Crippen molar-refractivity contribution in [2.24, 2.45) is 0 Å². The summed E-state index contributed by atoms with van der Waals surface area (Å²) in [4.78, 5) is 14.3. The maximum atomic E-state index is 12.2. The van der Waals surface area contributed by atoms with Crippen molar-refractivity contribution in [3.05, 3.63) is 65.7 Å². The van der Waals surface area contributed by atoms with Crippen molar-refractivity contribution in [2.45, 2.75) is 26.4 Å². The lowest BCUT2D eigenvalue weighted by molar-refractivity contribution is -0.120. The van der Waals surface area contributed by atoms with Crippen LogP contribution in [0.2, 0.25) is 0 Å². The molecule has 0 aliphatic heterocycles. The quantitative estimate of drug-likeness (QED) is 0.911. The molecule has 0 bridgehead atoms. The average molecular weight is 282 g/mol. The molecule has 1 atom stereocenters. The molecule has 0 radical (unpaired) electrons. The van der Waals surface area contributed by atoms with Gasteiger partial charge in [-0.25, -0.2) is 0 Å². The van der Waals surface area contributed by atoms with Crippen LogP contribution in [0.15, 0.2) is 54.6 Å². The van der Waals surface area contributed by atoms with Crippen molar-refractivity contribution < 1.29 is 4.79 Å². The maximum absolute atomic E-state index is 12.2. The first-order valence-corrected chi connectivity index (χ1v) is 7.18. The summed E-state index contributed by atoms with van der Waals surface area (Å²) in [6, 6.07) is 17.8. The molecule has 2 aromatic rings. The first-order chi connectivity index (χ1) is 10.1. The highest BCUT2D eigenvalue weighted by Crippen LogP contribution is 2.11. The summed E-state index contributed by atoms with van der Waals surface area (Å²) in [5.41, 5.74) is 3.29. The van der Waals surface area contributed by atoms with Crippen LogP contribution in [0.25, 0.3) is 0 Å². The lowest BCUT2D eigenvalue weighted by atomic mass is 10.1. The Morgan fingerprint density at radius 2 is 1.71 bits per heavy atom. The topological polar surface area (TPSA) is 32.3 Å². The molecule has 0 aromatic heterocycles. The summed E-state index contributed by atoms with van der Waals surface area (Å²) in [6.45, 7) is 4.75. The SMILES string of the molecule is Cc1ccc(CN(C)[C@H](C)C(=O)Nc2ccccc2)cc1. The Labute approximate surface area is 126 Å². The first kappa shape index (κ1) is 15.3. The maximum Gasteiger partial charge on any atom is 0.241 e. The van der Waals surface area contributed by atoms with Crippen molar-refractivity contribution in [3.8, 4) is 0 Å². The zero-order valence-corrected chi connectivity index (χ0v) is 12.8. The molecule has 2 aromatic carbocycles. The molecule has 21 heavy (non-hydrogen) atoms. The normalized spacial score (nSPS) is 12.2. The summed E-state index contributed by atoms with van der Waals surface area (Å²) >= 11 is 0. The molecule has 1 N–H and O–H groups in total. The highest BCUT2D eigenvalue weighted by molar-refractivity contribution is 5.94. The van der Waals surface area contributed by atoms with Gasteiger partial charge in [0.2, 0.25) is 5.91 Å². The summed E-state index contributed by atoms with van der Waals surface area (Å²) in [7, 11) is 1.97. The fourth-order valence-electron chi connectivity index (χ4n) is 2.09. The molecule has 0 spiro atoms. The minimum absolute atomic E-state index is 0.0100. The van der Waals surface area contributed by atoms with Gasteiger partial charge in [-0.15, -0.1) is 0 Å². The molecule has 0 unspecified atom stereocenters. The van der Waals surface area contributed by atoms with E-state index in [9.17, 15) is 4.79 Å². The van der Waals surface area contributed by atoms with Gasteiger partial charge >= 0.3 is 0 Å². The third-order valence-electron chi connectivity index (χ3n) is 3.63. The summed E-state index contributed by atoms with van der Waals surface area (Å²) < 4.78 is 0. The summed E-state index contributed by atoms with van der Waals surface area (Å²) in [6.07, 6.45) is 0. The lowest BCUT2D eigenvalue weighted by Gasteiger charge is -2.24. The number of carbonyl (C=O) groups is 1. The van der Waals surface area contributed by atoms with Gasteiger partial charge in [-0.3, -0.25) is 9.69 Å². The summed E-state index contributed by atoms with van der Waals surface area (Å²) in [5, 5.41) is 2.94. The van der Waals surface area contributed by atoms with Crippen molar-refractivity contribution in [2.75, 3.05) is 12.4 Å². The molecule has 0 heterocycles. The smallest absolute Gasteiger partial charge is 0.241 e. The van der Waals surface area contributed by atoms with Crippen LogP contribution < -0.4 is 5.32 Å². The van der Waals surface area contributed by atoms with Gasteiger partial charge in [0.1, 0.15) is 0 Å². The van der Waals surface area contributed by atoms with E-state index in [1.807, 2.05) is 49.2 Å². The van der Waals surface area contributed by atoms with E-state index >= 15 is 0 Å². The van der Waals surface area contributed by atoms with E-state index in [1.54, 1.807) is 0 Å². The number of rotatable bonds is 5. The second kappa shape index (κ2) is 7.04. The average Bonchev–Trinajstić information content (AvgIpc) is 2.49. The Hall–Kier alpha value is -2.13. The molecule has 1 amide bonds. The van der Waals surface area contributed by atoms with Gasteiger partial charge in [0.15, 0.2) is 0 Å². The van der Waals surface area contributed by atoms with E-state index in [4.69, 9.17) is 0 Å². The van der Waals surface area contributed by atoms with Crippen LogP contribution in [0.5, 0.6) is 0 Å². The van der Waals surface area contributed by atoms with Crippen LogP contribution in [-0.2, 0) is 11.3 Å². The van der Waals surface area contributed by atoms with E-state index in [-0.39, 0.29) is 11.9 Å². The third-order valence-corrected chi connectivity index (χ3v) is 3.63. The number of likely N-dealkylation sites (N-methyl/N-ethyl adjacent to an activating group) is 1. The molecular formula is C18H22N2O. The number of hydrogen-bond acceptors (Lipinski definition) is 2. The van der Waals surface area contributed by atoms with Crippen LogP contribution >= 0.6 is 0 Å². The fraction of sp³-hybridized carbons (Fsp3) is 0.278. The van der Waals surface area contributed by atoms with Crippen molar-refractivity contribution in [1.82, 2.24) is 4.90 Å². The Morgan fingerprint density at radius 3 is 2.33 bits per heavy atom. The number of nitrogens with zero attached hydrogens (tertiary/aromatic N) is 1. The first-order valence-electron chi connectivity index (χ1n) is 7.18. The number of nitrogens with one attached hydrogen (secondary N) is 1. The Kier molecular flexibility index (Phi) is 5.12. The molecule has 2 rings (SSSR count). The predicted molar refractivity (Wildman–Crippen MR) is 87.2 cm³/mol. The standard InChI is InChI=1S/C18H22N2O/c1-14-9-11-16(12-10-14)13-20(3)15(2)18(21)19-17-7-5-4-6-8-17/h4-12,15H,13H2,1-3H3,(H,19,21)/t15-/m1/s1. The van der Waals surface area contributed by atoms with Crippen LogP contribution in [0.4, 0.5) is 5.69 Å². The number of benzene rings is 2. The van der Waals surface area contributed by atoms with Gasteiger partial charge in [0.25, 0.3) is 0 Å². The zero-order valence-electron chi connectivity index (χ0n) is 12.8. The Bertz CT molecular complexity index is 578. The highest BCUT2D eigenvalue weighted by Gasteiger charge is 2.18. The molecular weight excluding hydrogens is 260 g/mol. The van der Waals surface area contributed by atoms with Gasteiger partial charge in [0, 0.05) is 12.2 Å². The second-order valence-electron chi connectivity index (χ2n) is 5.43. The number of carbonyl (C=O) groups excluding carboxylic acids is 1. The monoisotopic (exact) mass is 282 g/mol. The van der Waals surface area contributed by atoms with E-state index in [0.717, 1.165) is 12.2 Å². The molecule has 0 aliphatic carbocycles. The fourth-order valence-corrected chi connectivity index (χ4v) is 2.09. The van der Waals surface area contributed by atoms with Crippen molar-refractivity contribution in [3.63, 3.8) is 0 Å². The zero-order chi connectivity index (χ0) is 15.2. The van der Waals surface area contributed by atoms with Crippen LogP contribution in [0, 0.1) is 6.92 Å². The number of anilines is 1. The van der Waals surface area contributed by atoms with Gasteiger partial charge in [-0.05, 0) is 38.6 Å².